The summed E-state index contributed by atoms with van der Waals surface area (Å²) in [7, 11) is 1.72. The van der Waals surface area contributed by atoms with Crippen LogP contribution in [0.3, 0.4) is 0 Å². The summed E-state index contributed by atoms with van der Waals surface area (Å²) >= 11 is 1.58. The smallest absolute Gasteiger partial charge is 0.242 e. The molecule has 1 N–H and O–H groups in total. The first kappa shape index (κ1) is 16.4. The summed E-state index contributed by atoms with van der Waals surface area (Å²) in [6.07, 6.45) is 0. The van der Waals surface area contributed by atoms with Crippen molar-refractivity contribution in [1.82, 2.24) is 15.2 Å². The minimum Gasteiger partial charge on any atom is -0.347 e. The van der Waals surface area contributed by atoms with E-state index in [1.165, 1.54) is 0 Å². The van der Waals surface area contributed by atoms with Gasteiger partial charge in [0.05, 0.1) is 23.3 Å². The number of aromatic nitrogens is 1. The largest absolute Gasteiger partial charge is 0.347 e. The average molecular weight is 319 g/mol. The highest BCUT2D eigenvalue weighted by Gasteiger charge is 2.22. The lowest BCUT2D eigenvalue weighted by Crippen LogP contribution is -2.42. The second-order valence-electron chi connectivity index (χ2n) is 6.26. The fourth-order valence-electron chi connectivity index (χ4n) is 1.83. The van der Waals surface area contributed by atoms with E-state index in [9.17, 15) is 9.59 Å². The highest BCUT2D eigenvalue weighted by Crippen LogP contribution is 2.22. The molecule has 1 aromatic heterocycles. The Morgan fingerprint density at radius 1 is 1.27 bits per heavy atom. The molecule has 0 aliphatic heterocycles. The van der Waals surface area contributed by atoms with Crippen LogP contribution in [0.4, 0.5) is 0 Å². The van der Waals surface area contributed by atoms with Crippen LogP contribution in [0.15, 0.2) is 24.3 Å². The fraction of sp³-hybridized carbons (Fsp3) is 0.438. The average Bonchev–Trinajstić information content (AvgIpc) is 2.85. The molecule has 0 spiro atoms. The van der Waals surface area contributed by atoms with Crippen molar-refractivity contribution in [3.8, 4) is 0 Å². The van der Waals surface area contributed by atoms with E-state index in [1.807, 2.05) is 45.0 Å². The van der Waals surface area contributed by atoms with Crippen LogP contribution in [-0.4, -0.2) is 35.3 Å². The van der Waals surface area contributed by atoms with Gasteiger partial charge >= 0.3 is 0 Å². The van der Waals surface area contributed by atoms with Crippen molar-refractivity contribution in [2.75, 3.05) is 13.6 Å². The topological polar surface area (TPSA) is 62.3 Å². The molecular weight excluding hydrogens is 298 g/mol. The van der Waals surface area contributed by atoms with Crippen LogP contribution in [-0.2, 0) is 16.1 Å². The van der Waals surface area contributed by atoms with Gasteiger partial charge in [0.1, 0.15) is 5.01 Å². The quantitative estimate of drug-likeness (QED) is 0.941. The lowest BCUT2D eigenvalue weighted by atomic mass is 9.96. The molecule has 1 aromatic carbocycles. The van der Waals surface area contributed by atoms with Crippen molar-refractivity contribution in [1.29, 1.82) is 0 Å². The molecule has 1 heterocycles. The molecule has 0 saturated carbocycles. The monoisotopic (exact) mass is 319 g/mol. The number of carbonyl (C=O) groups is 2. The Morgan fingerprint density at radius 3 is 2.59 bits per heavy atom. The molecule has 22 heavy (non-hydrogen) atoms. The summed E-state index contributed by atoms with van der Waals surface area (Å²) in [5.74, 6) is -0.258. The Kier molecular flexibility index (Phi) is 4.81. The molecule has 2 amide bonds. The van der Waals surface area contributed by atoms with E-state index < -0.39 is 5.41 Å². The predicted molar refractivity (Wildman–Crippen MR) is 88.6 cm³/mol. The first-order valence-electron chi connectivity index (χ1n) is 7.14. The zero-order valence-corrected chi connectivity index (χ0v) is 14.2. The molecule has 6 heteroatoms. The number of rotatable bonds is 4. The van der Waals surface area contributed by atoms with Gasteiger partial charge in [0, 0.05) is 12.5 Å². The Bertz CT molecular complexity index is 655. The normalized spacial score (nSPS) is 11.5. The van der Waals surface area contributed by atoms with E-state index in [2.05, 4.69) is 10.3 Å². The van der Waals surface area contributed by atoms with E-state index in [4.69, 9.17) is 0 Å². The molecule has 0 atom stereocenters. The first-order valence-corrected chi connectivity index (χ1v) is 7.96. The molecule has 2 rings (SSSR count). The van der Waals surface area contributed by atoms with E-state index >= 15 is 0 Å². The maximum atomic E-state index is 12.1. The van der Waals surface area contributed by atoms with Gasteiger partial charge in [-0.25, -0.2) is 4.98 Å². The molecule has 0 aliphatic rings. The van der Waals surface area contributed by atoms with Gasteiger partial charge in [0.25, 0.3) is 0 Å². The number of para-hydroxylation sites is 1. The molecule has 0 bridgehead atoms. The van der Waals surface area contributed by atoms with Crippen molar-refractivity contribution in [3.05, 3.63) is 29.3 Å². The van der Waals surface area contributed by atoms with Crippen LogP contribution < -0.4 is 5.32 Å². The summed E-state index contributed by atoms with van der Waals surface area (Å²) in [6.45, 7) is 5.91. The summed E-state index contributed by atoms with van der Waals surface area (Å²) in [4.78, 5) is 29.9. The molecular formula is C16H21N3O2S. The van der Waals surface area contributed by atoms with Crippen molar-refractivity contribution >= 4 is 33.4 Å². The number of hydrogen-bond donors (Lipinski definition) is 1. The summed E-state index contributed by atoms with van der Waals surface area (Å²) in [6, 6.07) is 7.90. The second-order valence-corrected chi connectivity index (χ2v) is 7.37. The number of likely N-dealkylation sites (N-methyl/N-ethyl adjacent to an activating group) is 1. The standard InChI is InChI=1S/C16H21N3O2S/c1-16(2,3)15(21)17-9-14(20)19(4)10-13-18-11-7-5-6-8-12(11)22-13/h5-8H,9-10H2,1-4H3,(H,17,21). The Balaban J connectivity index is 1.92. The summed E-state index contributed by atoms with van der Waals surface area (Å²) < 4.78 is 1.11. The van der Waals surface area contributed by atoms with Crippen molar-refractivity contribution < 1.29 is 9.59 Å². The van der Waals surface area contributed by atoms with Crippen LogP contribution in [0.2, 0.25) is 0 Å². The number of hydrogen-bond acceptors (Lipinski definition) is 4. The van der Waals surface area contributed by atoms with Crippen LogP contribution in [0.25, 0.3) is 10.2 Å². The zero-order chi connectivity index (χ0) is 16.3. The zero-order valence-electron chi connectivity index (χ0n) is 13.3. The highest BCUT2D eigenvalue weighted by molar-refractivity contribution is 7.18. The van der Waals surface area contributed by atoms with Gasteiger partial charge in [0.15, 0.2) is 0 Å². The Morgan fingerprint density at radius 2 is 1.95 bits per heavy atom. The third-order valence-corrected chi connectivity index (χ3v) is 4.24. The molecule has 2 aromatic rings. The number of thiazole rings is 1. The maximum absolute atomic E-state index is 12.1. The number of amides is 2. The summed E-state index contributed by atoms with van der Waals surface area (Å²) in [5, 5.41) is 3.56. The number of benzene rings is 1. The van der Waals surface area contributed by atoms with Gasteiger partial charge in [-0.05, 0) is 12.1 Å². The summed E-state index contributed by atoms with van der Waals surface area (Å²) in [5.41, 5.74) is 0.454. The predicted octanol–water partition coefficient (Wildman–Crippen LogP) is 2.42. The van der Waals surface area contributed by atoms with E-state index in [1.54, 1.807) is 23.3 Å². The number of carbonyl (C=O) groups excluding carboxylic acids is 2. The maximum Gasteiger partial charge on any atom is 0.242 e. The van der Waals surface area contributed by atoms with Crippen molar-refractivity contribution in [2.45, 2.75) is 27.3 Å². The lowest BCUT2D eigenvalue weighted by molar-refractivity contribution is -0.134. The Hall–Kier alpha value is -1.95. The first-order chi connectivity index (χ1) is 10.3. The van der Waals surface area contributed by atoms with E-state index in [0.717, 1.165) is 15.2 Å². The number of nitrogens with zero attached hydrogens (tertiary/aromatic N) is 2. The molecule has 118 valence electrons. The molecule has 0 fully saturated rings. The number of fused-ring (bicyclic) bond motifs is 1. The Labute approximate surface area is 134 Å². The van der Waals surface area contributed by atoms with Gasteiger partial charge < -0.3 is 10.2 Å². The lowest BCUT2D eigenvalue weighted by Gasteiger charge is -2.20. The SMILES string of the molecule is CN(Cc1nc2ccccc2s1)C(=O)CNC(=O)C(C)(C)C. The van der Waals surface area contributed by atoms with Gasteiger partial charge in [-0.2, -0.15) is 0 Å². The fourth-order valence-corrected chi connectivity index (χ4v) is 2.86. The van der Waals surface area contributed by atoms with E-state index in [0.29, 0.717) is 6.54 Å². The van der Waals surface area contributed by atoms with Gasteiger partial charge in [-0.3, -0.25) is 9.59 Å². The third kappa shape index (κ3) is 4.04. The van der Waals surface area contributed by atoms with Gasteiger partial charge in [-0.1, -0.05) is 32.9 Å². The van der Waals surface area contributed by atoms with Gasteiger partial charge in [0.2, 0.25) is 11.8 Å². The van der Waals surface area contributed by atoms with Crippen LogP contribution in [0.5, 0.6) is 0 Å². The number of nitrogens with one attached hydrogen (secondary N) is 1. The minimum atomic E-state index is -0.494. The van der Waals surface area contributed by atoms with Crippen molar-refractivity contribution in [2.24, 2.45) is 5.41 Å². The van der Waals surface area contributed by atoms with Crippen LogP contribution >= 0.6 is 11.3 Å². The minimum absolute atomic E-state index is 0.0114. The van der Waals surface area contributed by atoms with Crippen LogP contribution in [0.1, 0.15) is 25.8 Å². The van der Waals surface area contributed by atoms with Crippen molar-refractivity contribution in [3.63, 3.8) is 0 Å². The van der Waals surface area contributed by atoms with E-state index in [-0.39, 0.29) is 18.4 Å². The molecule has 5 nitrogen and oxygen atoms in total. The molecule has 0 radical (unpaired) electrons. The highest BCUT2D eigenvalue weighted by atomic mass is 32.1. The second kappa shape index (κ2) is 6.44. The van der Waals surface area contributed by atoms with Gasteiger partial charge in [-0.15, -0.1) is 11.3 Å². The third-order valence-electron chi connectivity index (χ3n) is 3.22. The molecule has 0 aliphatic carbocycles. The molecule has 0 unspecified atom stereocenters. The molecule has 0 saturated heterocycles. The van der Waals surface area contributed by atoms with Crippen LogP contribution in [0, 0.1) is 5.41 Å².